The third kappa shape index (κ3) is 6.52. The van der Waals surface area contributed by atoms with Crippen LogP contribution >= 0.6 is 0 Å². The number of carbonyl (C=O) groups excluding carboxylic acids is 1. The summed E-state index contributed by atoms with van der Waals surface area (Å²) in [6, 6.07) is 10.7. The van der Waals surface area contributed by atoms with E-state index in [1.165, 1.54) is 5.56 Å². The summed E-state index contributed by atoms with van der Waals surface area (Å²) in [6.07, 6.45) is 7.22. The molecule has 2 amide bonds. The summed E-state index contributed by atoms with van der Waals surface area (Å²) in [5.74, 6) is 0. The molecule has 0 aliphatic heterocycles. The Hall–Kier alpha value is -1.55. The minimum atomic E-state index is -0.560. The molecule has 0 saturated heterocycles. The van der Waals surface area contributed by atoms with Crippen LogP contribution in [0, 0.1) is 0 Å². The average molecular weight is 332 g/mol. The van der Waals surface area contributed by atoms with Crippen LogP contribution in [-0.4, -0.2) is 28.8 Å². The molecule has 0 spiro atoms. The van der Waals surface area contributed by atoms with Crippen LogP contribution in [0.3, 0.4) is 0 Å². The monoisotopic (exact) mass is 332 g/mol. The Labute approximate surface area is 146 Å². The van der Waals surface area contributed by atoms with Crippen molar-refractivity contribution in [3.8, 4) is 0 Å². The lowest BCUT2D eigenvalue weighted by atomic mass is 9.84. The van der Waals surface area contributed by atoms with Gasteiger partial charge in [0.2, 0.25) is 0 Å². The van der Waals surface area contributed by atoms with E-state index >= 15 is 0 Å². The van der Waals surface area contributed by atoms with Crippen molar-refractivity contribution in [3.05, 3.63) is 35.9 Å². The van der Waals surface area contributed by atoms with Crippen LogP contribution in [0.25, 0.3) is 0 Å². The predicted octanol–water partition coefficient (Wildman–Crippen LogP) is 3.78. The van der Waals surface area contributed by atoms with Gasteiger partial charge >= 0.3 is 6.03 Å². The maximum atomic E-state index is 12.3. The van der Waals surface area contributed by atoms with Crippen LogP contribution < -0.4 is 10.6 Å². The van der Waals surface area contributed by atoms with E-state index in [9.17, 15) is 9.90 Å². The first-order chi connectivity index (χ1) is 11.5. The van der Waals surface area contributed by atoms with E-state index in [4.69, 9.17) is 0 Å². The summed E-state index contributed by atoms with van der Waals surface area (Å²) in [5.41, 5.74) is 0.755. The second kappa shape index (κ2) is 9.07. The van der Waals surface area contributed by atoms with Crippen molar-refractivity contribution in [3.63, 3.8) is 0 Å². The molecule has 0 heterocycles. The first-order valence-corrected chi connectivity index (χ1v) is 9.32. The minimum absolute atomic E-state index is 0.0620. The van der Waals surface area contributed by atoms with Gasteiger partial charge in [-0.1, -0.05) is 43.7 Å². The molecule has 1 aromatic rings. The maximum Gasteiger partial charge on any atom is 0.315 e. The second-order valence-electron chi connectivity index (χ2n) is 7.40. The molecule has 0 aromatic heterocycles. The topological polar surface area (TPSA) is 61.4 Å². The van der Waals surface area contributed by atoms with E-state index in [0.717, 1.165) is 51.4 Å². The number of rotatable bonds is 7. The highest BCUT2D eigenvalue weighted by molar-refractivity contribution is 5.74. The molecule has 0 bridgehead atoms. The van der Waals surface area contributed by atoms with Crippen LogP contribution in [0.1, 0.15) is 64.4 Å². The van der Waals surface area contributed by atoms with Gasteiger partial charge in [-0.3, -0.25) is 0 Å². The highest BCUT2D eigenvalue weighted by Gasteiger charge is 2.29. The van der Waals surface area contributed by atoms with Crippen molar-refractivity contribution in [2.24, 2.45) is 0 Å². The molecule has 4 heteroatoms. The van der Waals surface area contributed by atoms with Gasteiger partial charge in [0.1, 0.15) is 0 Å². The zero-order valence-corrected chi connectivity index (χ0v) is 15.1. The maximum absolute atomic E-state index is 12.3. The van der Waals surface area contributed by atoms with Gasteiger partial charge in [0.15, 0.2) is 0 Å². The standard InChI is InChI=1S/C20H32N2O2/c1-3-7-17(11-10-16-8-5-4-6-9-16)21-19(23)22-18-12-14-20(2,24)15-13-18/h4-6,8-9,17-18,24H,3,7,10-15H2,1-2H3,(H2,21,22,23). The number of nitrogens with one attached hydrogen (secondary N) is 2. The summed E-state index contributed by atoms with van der Waals surface area (Å²) in [7, 11) is 0. The highest BCUT2D eigenvalue weighted by atomic mass is 16.3. The number of carbonyl (C=O) groups is 1. The lowest BCUT2D eigenvalue weighted by molar-refractivity contribution is 0.0151. The van der Waals surface area contributed by atoms with Gasteiger partial charge in [0, 0.05) is 12.1 Å². The Morgan fingerprint density at radius 3 is 2.54 bits per heavy atom. The second-order valence-corrected chi connectivity index (χ2v) is 7.40. The fourth-order valence-electron chi connectivity index (χ4n) is 3.42. The third-order valence-corrected chi connectivity index (χ3v) is 4.99. The van der Waals surface area contributed by atoms with E-state index in [-0.39, 0.29) is 18.1 Å². The van der Waals surface area contributed by atoms with Gasteiger partial charge in [-0.2, -0.15) is 0 Å². The van der Waals surface area contributed by atoms with Gasteiger partial charge in [0.05, 0.1) is 5.60 Å². The van der Waals surface area contributed by atoms with Crippen molar-refractivity contribution in [2.45, 2.75) is 82.9 Å². The van der Waals surface area contributed by atoms with Crippen LogP contribution in [0.15, 0.2) is 30.3 Å². The fraction of sp³-hybridized carbons (Fsp3) is 0.650. The van der Waals surface area contributed by atoms with Crippen molar-refractivity contribution in [2.75, 3.05) is 0 Å². The number of hydrogen-bond acceptors (Lipinski definition) is 2. The molecule has 1 atom stereocenters. The summed E-state index contributed by atoms with van der Waals surface area (Å²) >= 11 is 0. The molecule has 1 fully saturated rings. The van der Waals surface area contributed by atoms with Crippen LogP contribution in [-0.2, 0) is 6.42 Å². The molecular formula is C20H32N2O2. The zero-order valence-electron chi connectivity index (χ0n) is 15.1. The first kappa shape index (κ1) is 18.8. The smallest absolute Gasteiger partial charge is 0.315 e. The number of amides is 2. The van der Waals surface area contributed by atoms with Gasteiger partial charge in [-0.05, 0) is 57.4 Å². The normalized spacial score (nSPS) is 25.0. The van der Waals surface area contributed by atoms with Crippen LogP contribution in [0.2, 0.25) is 0 Å². The van der Waals surface area contributed by atoms with Crippen molar-refractivity contribution >= 4 is 6.03 Å². The van der Waals surface area contributed by atoms with E-state index in [1.807, 2.05) is 13.0 Å². The zero-order chi connectivity index (χ0) is 17.4. The third-order valence-electron chi connectivity index (χ3n) is 4.99. The summed E-state index contributed by atoms with van der Waals surface area (Å²) in [6.45, 7) is 4.03. The molecule has 1 saturated carbocycles. The summed E-state index contributed by atoms with van der Waals surface area (Å²) < 4.78 is 0. The average Bonchev–Trinajstić information content (AvgIpc) is 2.56. The largest absolute Gasteiger partial charge is 0.390 e. The van der Waals surface area contributed by atoms with Crippen LogP contribution in [0.5, 0.6) is 0 Å². The SMILES string of the molecule is CCCC(CCc1ccccc1)NC(=O)NC1CCC(C)(O)CC1. The fourth-order valence-corrected chi connectivity index (χ4v) is 3.42. The molecule has 1 aliphatic carbocycles. The number of benzene rings is 1. The molecule has 2 rings (SSSR count). The van der Waals surface area contributed by atoms with E-state index in [1.54, 1.807) is 0 Å². The number of aliphatic hydroxyl groups is 1. The number of urea groups is 1. The molecule has 1 aliphatic rings. The lowest BCUT2D eigenvalue weighted by Crippen LogP contribution is -2.48. The molecule has 1 aromatic carbocycles. The Balaban J connectivity index is 1.76. The molecule has 4 nitrogen and oxygen atoms in total. The quantitative estimate of drug-likeness (QED) is 0.711. The van der Waals surface area contributed by atoms with E-state index in [2.05, 4.69) is 41.8 Å². The molecule has 1 unspecified atom stereocenters. The lowest BCUT2D eigenvalue weighted by Gasteiger charge is -2.33. The number of hydrogen-bond donors (Lipinski definition) is 3. The Morgan fingerprint density at radius 2 is 1.92 bits per heavy atom. The van der Waals surface area contributed by atoms with Crippen molar-refractivity contribution in [1.29, 1.82) is 0 Å². The highest BCUT2D eigenvalue weighted by Crippen LogP contribution is 2.27. The van der Waals surface area contributed by atoms with Crippen LogP contribution in [0.4, 0.5) is 4.79 Å². The Bertz CT molecular complexity index is 492. The van der Waals surface area contributed by atoms with Gasteiger partial charge in [-0.25, -0.2) is 4.79 Å². The summed E-state index contributed by atoms with van der Waals surface area (Å²) in [4.78, 5) is 12.3. The number of aryl methyl sites for hydroxylation is 1. The van der Waals surface area contributed by atoms with Gasteiger partial charge in [-0.15, -0.1) is 0 Å². The molecule has 134 valence electrons. The van der Waals surface area contributed by atoms with Crippen molar-refractivity contribution in [1.82, 2.24) is 10.6 Å². The first-order valence-electron chi connectivity index (χ1n) is 9.32. The minimum Gasteiger partial charge on any atom is -0.390 e. The Kier molecular flexibility index (Phi) is 7.10. The summed E-state index contributed by atoms with van der Waals surface area (Å²) in [5, 5.41) is 16.2. The molecule has 24 heavy (non-hydrogen) atoms. The predicted molar refractivity (Wildman–Crippen MR) is 98.0 cm³/mol. The van der Waals surface area contributed by atoms with E-state index in [0.29, 0.717) is 0 Å². The van der Waals surface area contributed by atoms with Gasteiger partial charge in [0.25, 0.3) is 0 Å². The Morgan fingerprint density at radius 1 is 1.25 bits per heavy atom. The van der Waals surface area contributed by atoms with Crippen molar-refractivity contribution < 1.29 is 9.90 Å². The molecule has 3 N–H and O–H groups in total. The van der Waals surface area contributed by atoms with Gasteiger partial charge < -0.3 is 15.7 Å². The molecular weight excluding hydrogens is 300 g/mol. The molecule has 0 radical (unpaired) electrons. The van der Waals surface area contributed by atoms with E-state index < -0.39 is 5.60 Å².